The van der Waals surface area contributed by atoms with E-state index in [9.17, 15) is 4.79 Å². The number of nitrogens with zero attached hydrogens (tertiary/aromatic N) is 1. The highest BCUT2D eigenvalue weighted by Crippen LogP contribution is 2.11. The third kappa shape index (κ3) is 3.93. The quantitative estimate of drug-likeness (QED) is 0.690. The first-order chi connectivity index (χ1) is 9.69. The van der Waals surface area contributed by atoms with Gasteiger partial charge in [0.25, 0.3) is 5.91 Å². The predicted molar refractivity (Wildman–Crippen MR) is 82.2 cm³/mol. The van der Waals surface area contributed by atoms with E-state index in [2.05, 4.69) is 26.5 Å². The van der Waals surface area contributed by atoms with Crippen LogP contribution in [0, 0.1) is 0 Å². The van der Waals surface area contributed by atoms with Gasteiger partial charge in [-0.15, -0.1) is 0 Å². The van der Waals surface area contributed by atoms with Crippen LogP contribution in [0.5, 0.6) is 5.75 Å². The highest BCUT2D eigenvalue weighted by Gasteiger charge is 2.02. The molecule has 0 heterocycles. The highest BCUT2D eigenvalue weighted by atomic mass is 79.9. The van der Waals surface area contributed by atoms with Gasteiger partial charge in [0.1, 0.15) is 5.75 Å². The molecule has 5 heteroatoms. The Labute approximate surface area is 125 Å². The van der Waals surface area contributed by atoms with Gasteiger partial charge in [-0.3, -0.25) is 4.79 Å². The molecule has 1 N–H and O–H groups in total. The number of carbonyl (C=O) groups is 1. The van der Waals surface area contributed by atoms with Gasteiger partial charge in [0.2, 0.25) is 0 Å². The highest BCUT2D eigenvalue weighted by molar-refractivity contribution is 9.10. The number of carbonyl (C=O) groups excluding carboxylic acids is 1. The second kappa shape index (κ2) is 6.86. The number of halogens is 1. The van der Waals surface area contributed by atoms with Gasteiger partial charge in [-0.25, -0.2) is 5.43 Å². The number of amides is 1. The zero-order chi connectivity index (χ0) is 14.4. The Kier molecular flexibility index (Phi) is 4.90. The van der Waals surface area contributed by atoms with E-state index < -0.39 is 0 Å². The topological polar surface area (TPSA) is 50.7 Å². The lowest BCUT2D eigenvalue weighted by Crippen LogP contribution is -2.17. The summed E-state index contributed by atoms with van der Waals surface area (Å²) in [5, 5.41) is 3.92. The van der Waals surface area contributed by atoms with Crippen molar-refractivity contribution >= 4 is 28.1 Å². The average molecular weight is 333 g/mol. The van der Waals surface area contributed by atoms with Crippen LogP contribution in [0.15, 0.2) is 58.1 Å². The summed E-state index contributed by atoms with van der Waals surface area (Å²) in [5.74, 6) is 0.531. The summed E-state index contributed by atoms with van der Waals surface area (Å²) in [6, 6.07) is 14.4. The maximum Gasteiger partial charge on any atom is 0.271 e. The molecular formula is C15H13BrN2O2. The van der Waals surface area contributed by atoms with Gasteiger partial charge in [0.15, 0.2) is 0 Å². The Morgan fingerprint density at radius 1 is 1.15 bits per heavy atom. The lowest BCUT2D eigenvalue weighted by Gasteiger charge is -2.00. The van der Waals surface area contributed by atoms with Crippen LogP contribution in [-0.4, -0.2) is 19.2 Å². The summed E-state index contributed by atoms with van der Waals surface area (Å²) in [6.07, 6.45) is 1.58. The van der Waals surface area contributed by atoms with Crippen molar-refractivity contribution in [3.05, 3.63) is 64.1 Å². The first kappa shape index (κ1) is 14.3. The summed E-state index contributed by atoms with van der Waals surface area (Å²) in [7, 11) is 1.61. The van der Waals surface area contributed by atoms with Gasteiger partial charge >= 0.3 is 0 Å². The van der Waals surface area contributed by atoms with E-state index in [1.165, 1.54) is 0 Å². The molecule has 102 valence electrons. The zero-order valence-corrected chi connectivity index (χ0v) is 12.4. The number of nitrogens with one attached hydrogen (secondary N) is 1. The molecule has 0 fully saturated rings. The standard InChI is InChI=1S/C15H13BrN2O2/c1-20-14-8-2-11(3-9-14)10-17-18-15(19)12-4-6-13(16)7-5-12/h2-10H,1H3,(H,18,19). The smallest absolute Gasteiger partial charge is 0.271 e. The number of methoxy groups -OCH3 is 1. The molecule has 2 aromatic rings. The first-order valence-corrected chi connectivity index (χ1v) is 6.71. The average Bonchev–Trinajstić information content (AvgIpc) is 2.48. The van der Waals surface area contributed by atoms with Crippen LogP contribution in [0.2, 0.25) is 0 Å². The van der Waals surface area contributed by atoms with Crippen LogP contribution < -0.4 is 10.2 Å². The molecule has 0 atom stereocenters. The molecule has 0 unspecified atom stereocenters. The Bertz CT molecular complexity index is 607. The Hall–Kier alpha value is -2.14. The van der Waals surface area contributed by atoms with Crippen molar-refractivity contribution in [3.8, 4) is 5.75 Å². The minimum atomic E-state index is -0.248. The predicted octanol–water partition coefficient (Wildman–Crippen LogP) is 3.22. The first-order valence-electron chi connectivity index (χ1n) is 5.92. The molecule has 0 aliphatic rings. The van der Waals surface area contributed by atoms with Crippen LogP contribution in [0.25, 0.3) is 0 Å². The van der Waals surface area contributed by atoms with E-state index in [0.717, 1.165) is 15.8 Å². The van der Waals surface area contributed by atoms with E-state index in [1.54, 1.807) is 25.5 Å². The molecule has 0 saturated heterocycles. The Balaban J connectivity index is 1.95. The molecule has 2 aromatic carbocycles. The van der Waals surface area contributed by atoms with Crippen LogP contribution in [0.4, 0.5) is 0 Å². The van der Waals surface area contributed by atoms with Crippen molar-refractivity contribution in [3.63, 3.8) is 0 Å². The lowest BCUT2D eigenvalue weighted by atomic mass is 10.2. The molecule has 0 aliphatic heterocycles. The van der Waals surface area contributed by atoms with Crippen molar-refractivity contribution in [2.75, 3.05) is 7.11 Å². The monoisotopic (exact) mass is 332 g/mol. The van der Waals surface area contributed by atoms with Crippen molar-refractivity contribution in [1.82, 2.24) is 5.43 Å². The fourth-order valence-corrected chi connectivity index (χ4v) is 1.79. The summed E-state index contributed by atoms with van der Waals surface area (Å²) >= 11 is 3.32. The van der Waals surface area contributed by atoms with Gasteiger partial charge in [-0.2, -0.15) is 5.10 Å². The van der Waals surface area contributed by atoms with Crippen molar-refractivity contribution in [1.29, 1.82) is 0 Å². The van der Waals surface area contributed by atoms with E-state index in [1.807, 2.05) is 36.4 Å². The number of hydrogen-bond donors (Lipinski definition) is 1. The number of rotatable bonds is 4. The molecule has 0 radical (unpaired) electrons. The van der Waals surface area contributed by atoms with Gasteiger partial charge in [-0.1, -0.05) is 15.9 Å². The fraction of sp³-hybridized carbons (Fsp3) is 0.0667. The number of ether oxygens (including phenoxy) is 1. The summed E-state index contributed by atoms with van der Waals surface area (Å²) < 4.78 is 5.99. The van der Waals surface area contributed by atoms with Gasteiger partial charge in [-0.05, 0) is 54.1 Å². The molecule has 20 heavy (non-hydrogen) atoms. The third-order valence-electron chi connectivity index (χ3n) is 2.60. The normalized spacial score (nSPS) is 10.5. The maximum atomic E-state index is 11.8. The van der Waals surface area contributed by atoms with Crippen LogP contribution in [-0.2, 0) is 0 Å². The summed E-state index contributed by atoms with van der Waals surface area (Å²) in [5.41, 5.74) is 3.91. The van der Waals surface area contributed by atoms with Crippen LogP contribution in [0.1, 0.15) is 15.9 Å². The Morgan fingerprint density at radius 3 is 2.40 bits per heavy atom. The Morgan fingerprint density at radius 2 is 1.80 bits per heavy atom. The largest absolute Gasteiger partial charge is 0.497 e. The molecule has 0 spiro atoms. The zero-order valence-electron chi connectivity index (χ0n) is 10.8. The van der Waals surface area contributed by atoms with Crippen molar-refractivity contribution in [2.45, 2.75) is 0 Å². The van der Waals surface area contributed by atoms with Gasteiger partial charge < -0.3 is 4.74 Å². The number of benzene rings is 2. The fourth-order valence-electron chi connectivity index (χ4n) is 1.52. The third-order valence-corrected chi connectivity index (χ3v) is 3.13. The summed E-state index contributed by atoms with van der Waals surface area (Å²) in [6.45, 7) is 0. The van der Waals surface area contributed by atoms with Crippen LogP contribution in [0.3, 0.4) is 0 Å². The molecular weight excluding hydrogens is 320 g/mol. The second-order valence-corrected chi connectivity index (χ2v) is 4.89. The van der Waals surface area contributed by atoms with E-state index in [4.69, 9.17) is 4.74 Å². The molecule has 0 bridgehead atoms. The van der Waals surface area contributed by atoms with Crippen LogP contribution >= 0.6 is 15.9 Å². The van der Waals surface area contributed by atoms with E-state index in [0.29, 0.717) is 5.56 Å². The number of hydrogen-bond acceptors (Lipinski definition) is 3. The van der Waals surface area contributed by atoms with E-state index >= 15 is 0 Å². The molecule has 0 aromatic heterocycles. The minimum absolute atomic E-state index is 0.248. The molecule has 4 nitrogen and oxygen atoms in total. The molecule has 2 rings (SSSR count). The van der Waals surface area contributed by atoms with E-state index in [-0.39, 0.29) is 5.91 Å². The molecule has 0 saturated carbocycles. The van der Waals surface area contributed by atoms with Gasteiger partial charge in [0.05, 0.1) is 13.3 Å². The second-order valence-electron chi connectivity index (χ2n) is 3.98. The SMILES string of the molecule is COc1ccc(C=NNC(=O)c2ccc(Br)cc2)cc1. The van der Waals surface area contributed by atoms with Crippen molar-refractivity contribution in [2.24, 2.45) is 5.10 Å². The molecule has 0 aliphatic carbocycles. The lowest BCUT2D eigenvalue weighted by molar-refractivity contribution is 0.0955. The summed E-state index contributed by atoms with van der Waals surface area (Å²) in [4.78, 5) is 11.8. The molecule has 1 amide bonds. The minimum Gasteiger partial charge on any atom is -0.497 e. The maximum absolute atomic E-state index is 11.8. The van der Waals surface area contributed by atoms with Gasteiger partial charge in [0, 0.05) is 10.0 Å². The van der Waals surface area contributed by atoms with Crippen molar-refractivity contribution < 1.29 is 9.53 Å². The number of hydrazone groups is 1.